The van der Waals surface area contributed by atoms with Crippen molar-refractivity contribution in [2.45, 2.75) is 19.8 Å². The van der Waals surface area contributed by atoms with E-state index in [2.05, 4.69) is 4.84 Å². The molecule has 0 aliphatic heterocycles. The summed E-state index contributed by atoms with van der Waals surface area (Å²) in [6.07, 6.45) is 1.68. The molecule has 0 rings (SSSR count). The van der Waals surface area contributed by atoms with Crippen LogP contribution in [0.3, 0.4) is 0 Å². The van der Waals surface area contributed by atoms with Crippen molar-refractivity contribution in [3.8, 4) is 0 Å². The fourth-order valence-electron chi connectivity index (χ4n) is 0.283. The van der Waals surface area contributed by atoms with Gasteiger partial charge < -0.3 is 4.84 Å². The van der Waals surface area contributed by atoms with Gasteiger partial charge in [-0.2, -0.15) is 0 Å². The minimum atomic E-state index is -0.768. The zero-order valence-corrected chi connectivity index (χ0v) is 5.79. The molecule has 0 aliphatic carbocycles. The molecule has 5 heteroatoms. The van der Waals surface area contributed by atoms with Crippen molar-refractivity contribution < 1.29 is 9.92 Å². The summed E-state index contributed by atoms with van der Waals surface area (Å²) in [6.45, 7) is 2.17. The van der Waals surface area contributed by atoms with Crippen LogP contribution < -0.4 is 0 Å². The van der Waals surface area contributed by atoms with Gasteiger partial charge >= 0.3 is 0 Å². The van der Waals surface area contributed by atoms with Gasteiger partial charge in [-0.25, -0.2) is 0 Å². The first-order valence-electron chi connectivity index (χ1n) is 2.54. The molecule has 49 valence electrons. The molecular weight excluding hydrogens is 117 g/mol. The minimum Gasteiger partial charge on any atom is -0.314 e. The third-order valence-corrected chi connectivity index (χ3v) is 0.695. The maximum Gasteiger partial charge on any atom is 0.294 e. The van der Waals surface area contributed by atoms with Crippen LogP contribution in [0, 0.1) is 10.1 Å². The molecule has 0 fully saturated rings. The van der Waals surface area contributed by atoms with Crippen molar-refractivity contribution in [1.29, 1.82) is 0 Å². The number of hydrogen-bond donors (Lipinski definition) is 0. The molecule has 0 aromatic heterocycles. The normalized spacial score (nSPS) is 7.67. The van der Waals surface area contributed by atoms with Gasteiger partial charge in [-0.05, 0) is 6.42 Å². The van der Waals surface area contributed by atoms with Crippen molar-refractivity contribution >= 4 is 18.9 Å². The van der Waals surface area contributed by atoms with E-state index < -0.39 is 5.09 Å². The van der Waals surface area contributed by atoms with Gasteiger partial charge in [0.1, 0.15) is 0 Å². The quantitative estimate of drug-likeness (QED) is 0.240. The summed E-state index contributed by atoms with van der Waals surface area (Å²) < 4.78 is 0. The van der Waals surface area contributed by atoms with Crippen LogP contribution in [0.4, 0.5) is 0 Å². The summed E-state index contributed by atoms with van der Waals surface area (Å²) in [4.78, 5) is 13.5. The number of hydrogen-bond acceptors (Lipinski definition) is 3. The second kappa shape index (κ2) is 7.80. The first-order valence-corrected chi connectivity index (χ1v) is 2.54. The van der Waals surface area contributed by atoms with Gasteiger partial charge in [0.15, 0.2) is 0 Å². The standard InChI is InChI=1S/C4H9NO3.Li/c1-2-3-4-8-5(6)7;/h2-4H2,1H3;. The fourth-order valence-corrected chi connectivity index (χ4v) is 0.283. The molecule has 1 radical (unpaired) electrons. The maximum absolute atomic E-state index is 9.46. The molecule has 0 N–H and O–H groups in total. The Morgan fingerprint density at radius 1 is 1.67 bits per heavy atom. The molecule has 0 bridgehead atoms. The van der Waals surface area contributed by atoms with Crippen LogP contribution in [-0.4, -0.2) is 30.6 Å². The second-order valence-corrected chi connectivity index (χ2v) is 1.41. The summed E-state index contributed by atoms with van der Waals surface area (Å²) >= 11 is 0. The molecule has 0 amide bonds. The summed E-state index contributed by atoms with van der Waals surface area (Å²) in [5.41, 5.74) is 0. The van der Waals surface area contributed by atoms with E-state index in [1.807, 2.05) is 6.92 Å². The summed E-state index contributed by atoms with van der Waals surface area (Å²) in [5.74, 6) is 0. The molecule has 0 heterocycles. The topological polar surface area (TPSA) is 52.4 Å². The van der Waals surface area contributed by atoms with Crippen LogP contribution in [0.15, 0.2) is 0 Å². The van der Waals surface area contributed by atoms with E-state index in [-0.39, 0.29) is 25.5 Å². The Morgan fingerprint density at radius 2 is 2.22 bits per heavy atom. The van der Waals surface area contributed by atoms with Crippen molar-refractivity contribution in [3.63, 3.8) is 0 Å². The van der Waals surface area contributed by atoms with Crippen LogP contribution in [0.2, 0.25) is 0 Å². The molecule has 0 aliphatic rings. The van der Waals surface area contributed by atoms with E-state index in [4.69, 9.17) is 0 Å². The third kappa shape index (κ3) is 11.4. The van der Waals surface area contributed by atoms with E-state index in [1.54, 1.807) is 0 Å². The summed E-state index contributed by atoms with van der Waals surface area (Å²) in [6, 6.07) is 0. The molecule has 0 aromatic rings. The Morgan fingerprint density at radius 3 is 2.56 bits per heavy atom. The van der Waals surface area contributed by atoms with Crippen LogP contribution in [0.25, 0.3) is 0 Å². The molecule has 4 nitrogen and oxygen atoms in total. The number of nitrogens with zero attached hydrogens (tertiary/aromatic N) is 1. The smallest absolute Gasteiger partial charge is 0.294 e. The first-order chi connectivity index (χ1) is 3.77. The van der Waals surface area contributed by atoms with Crippen LogP contribution >= 0.6 is 0 Å². The average molecular weight is 126 g/mol. The Bertz CT molecular complexity index is 78.2. The Balaban J connectivity index is 0. The Labute approximate surface area is 65.9 Å². The van der Waals surface area contributed by atoms with Gasteiger partial charge in [-0.15, -0.1) is 10.1 Å². The van der Waals surface area contributed by atoms with Crippen molar-refractivity contribution in [1.82, 2.24) is 0 Å². The van der Waals surface area contributed by atoms with Gasteiger partial charge in [0.05, 0.1) is 6.61 Å². The van der Waals surface area contributed by atoms with E-state index in [1.165, 1.54) is 0 Å². The Hall–Kier alpha value is -0.203. The summed E-state index contributed by atoms with van der Waals surface area (Å²) in [5, 5.41) is 8.69. The Kier molecular flexibility index (Phi) is 10.0. The number of unbranched alkanes of at least 4 members (excludes halogenated alkanes) is 1. The SMILES string of the molecule is CCCCO[N+](=O)[O-].[Li]. The third-order valence-electron chi connectivity index (χ3n) is 0.695. The van der Waals surface area contributed by atoms with Crippen molar-refractivity contribution in [2.24, 2.45) is 0 Å². The van der Waals surface area contributed by atoms with Crippen molar-refractivity contribution in [3.05, 3.63) is 10.1 Å². The monoisotopic (exact) mass is 126 g/mol. The van der Waals surface area contributed by atoms with E-state index >= 15 is 0 Å². The van der Waals surface area contributed by atoms with Gasteiger partial charge in [-0.1, -0.05) is 13.3 Å². The van der Waals surface area contributed by atoms with E-state index in [9.17, 15) is 10.1 Å². The molecule has 0 unspecified atom stereocenters. The molecule has 0 saturated carbocycles. The predicted octanol–water partition coefficient (Wildman–Crippen LogP) is 0.614. The largest absolute Gasteiger partial charge is 0.314 e. The van der Waals surface area contributed by atoms with E-state index in [0.717, 1.165) is 12.8 Å². The van der Waals surface area contributed by atoms with Gasteiger partial charge in [0.25, 0.3) is 5.09 Å². The zero-order chi connectivity index (χ0) is 6.41. The average Bonchev–Trinajstić information content (AvgIpc) is 1.66. The van der Waals surface area contributed by atoms with Gasteiger partial charge in [0.2, 0.25) is 0 Å². The molecule has 0 spiro atoms. The first kappa shape index (κ1) is 11.6. The number of rotatable bonds is 4. The molecule has 0 aromatic carbocycles. The minimum absolute atomic E-state index is 0. The van der Waals surface area contributed by atoms with Crippen LogP contribution in [0.5, 0.6) is 0 Å². The molecule has 0 atom stereocenters. The van der Waals surface area contributed by atoms with E-state index in [0.29, 0.717) is 0 Å². The molecule has 0 saturated heterocycles. The van der Waals surface area contributed by atoms with Gasteiger partial charge in [-0.3, -0.25) is 0 Å². The van der Waals surface area contributed by atoms with Gasteiger partial charge in [0, 0.05) is 18.9 Å². The van der Waals surface area contributed by atoms with Crippen LogP contribution in [-0.2, 0) is 4.84 Å². The predicted molar refractivity (Wildman–Crippen MR) is 33.6 cm³/mol. The molecular formula is C4H9LiNO3. The van der Waals surface area contributed by atoms with Crippen LogP contribution in [0.1, 0.15) is 19.8 Å². The second-order valence-electron chi connectivity index (χ2n) is 1.41. The molecule has 9 heavy (non-hydrogen) atoms. The fraction of sp³-hybridized carbons (Fsp3) is 1.00. The zero-order valence-electron chi connectivity index (χ0n) is 5.79. The summed E-state index contributed by atoms with van der Waals surface area (Å²) in [7, 11) is 0. The van der Waals surface area contributed by atoms with Crippen molar-refractivity contribution in [2.75, 3.05) is 6.61 Å². The maximum atomic E-state index is 9.46.